The highest BCUT2D eigenvalue weighted by molar-refractivity contribution is 5.58. The van der Waals surface area contributed by atoms with Gasteiger partial charge in [-0.05, 0) is 42.9 Å². The third-order valence-electron chi connectivity index (χ3n) is 3.91. The molecule has 1 aliphatic carbocycles. The van der Waals surface area contributed by atoms with Gasteiger partial charge in [0.1, 0.15) is 11.9 Å². The summed E-state index contributed by atoms with van der Waals surface area (Å²) in [6, 6.07) is 6.76. The summed E-state index contributed by atoms with van der Waals surface area (Å²) in [7, 11) is 0. The van der Waals surface area contributed by atoms with Crippen molar-refractivity contribution in [3.05, 3.63) is 29.6 Å². The topological polar surface area (TPSA) is 35.8 Å². The van der Waals surface area contributed by atoms with Crippen molar-refractivity contribution in [3.63, 3.8) is 0 Å². The molecule has 0 amide bonds. The summed E-state index contributed by atoms with van der Waals surface area (Å²) >= 11 is 0. The summed E-state index contributed by atoms with van der Waals surface area (Å²) < 4.78 is 13.0. The van der Waals surface area contributed by atoms with E-state index in [4.69, 9.17) is 5.26 Å². The van der Waals surface area contributed by atoms with Crippen molar-refractivity contribution in [3.8, 4) is 6.07 Å². The second kappa shape index (κ2) is 4.75. The fourth-order valence-electron chi connectivity index (χ4n) is 2.50. The minimum absolute atomic E-state index is 0.361. The molecule has 1 aromatic rings. The summed E-state index contributed by atoms with van der Waals surface area (Å²) in [6.07, 6.45) is 2.33. The third kappa shape index (κ3) is 2.41. The quantitative estimate of drug-likeness (QED) is 0.846. The van der Waals surface area contributed by atoms with Gasteiger partial charge in [0.15, 0.2) is 0 Å². The Morgan fingerprint density at radius 1 is 1.35 bits per heavy atom. The Kier molecular flexibility index (Phi) is 3.33. The maximum Gasteiger partial charge on any atom is 0.124 e. The summed E-state index contributed by atoms with van der Waals surface area (Å²) in [5.74, 6) is 0.935. The van der Waals surface area contributed by atoms with Crippen LogP contribution in [0.4, 0.5) is 10.1 Å². The number of benzene rings is 1. The Balaban J connectivity index is 2.17. The van der Waals surface area contributed by atoms with Gasteiger partial charge in [-0.1, -0.05) is 13.8 Å². The van der Waals surface area contributed by atoms with Gasteiger partial charge in [0.05, 0.1) is 11.3 Å². The van der Waals surface area contributed by atoms with Gasteiger partial charge in [0, 0.05) is 6.04 Å². The first-order valence-corrected chi connectivity index (χ1v) is 6.08. The van der Waals surface area contributed by atoms with Crippen LogP contribution in [0.1, 0.15) is 32.3 Å². The smallest absolute Gasteiger partial charge is 0.124 e. The third-order valence-corrected chi connectivity index (χ3v) is 3.91. The van der Waals surface area contributed by atoms with Crippen molar-refractivity contribution in [1.82, 2.24) is 0 Å². The van der Waals surface area contributed by atoms with Crippen LogP contribution in [0.25, 0.3) is 0 Å². The minimum atomic E-state index is -0.361. The lowest BCUT2D eigenvalue weighted by molar-refractivity contribution is 0.435. The predicted octanol–water partition coefficient (Wildman–Crippen LogP) is 3.54. The Bertz CT molecular complexity index is 450. The second-order valence-electron chi connectivity index (χ2n) is 4.97. The number of nitriles is 1. The van der Waals surface area contributed by atoms with E-state index < -0.39 is 0 Å². The van der Waals surface area contributed by atoms with Crippen LogP contribution in [0.5, 0.6) is 0 Å². The number of rotatable bonds is 2. The summed E-state index contributed by atoms with van der Waals surface area (Å²) in [4.78, 5) is 0. The number of halogens is 1. The fourth-order valence-corrected chi connectivity index (χ4v) is 2.50. The van der Waals surface area contributed by atoms with Gasteiger partial charge >= 0.3 is 0 Å². The maximum absolute atomic E-state index is 13.0. The highest BCUT2D eigenvalue weighted by Gasteiger charge is 2.29. The molecule has 0 heterocycles. The van der Waals surface area contributed by atoms with Gasteiger partial charge in [0.2, 0.25) is 0 Å². The predicted molar refractivity (Wildman–Crippen MR) is 66.1 cm³/mol. The zero-order valence-corrected chi connectivity index (χ0v) is 10.2. The highest BCUT2D eigenvalue weighted by atomic mass is 19.1. The van der Waals surface area contributed by atoms with E-state index in [2.05, 4.69) is 19.2 Å². The average molecular weight is 232 g/mol. The first kappa shape index (κ1) is 11.9. The van der Waals surface area contributed by atoms with Crippen LogP contribution in [0.2, 0.25) is 0 Å². The summed E-state index contributed by atoms with van der Waals surface area (Å²) in [6.45, 7) is 4.48. The van der Waals surface area contributed by atoms with Crippen LogP contribution >= 0.6 is 0 Å². The fraction of sp³-hybridized carbons (Fsp3) is 0.500. The molecule has 3 heteroatoms. The lowest BCUT2D eigenvalue weighted by Gasteiger charge is -2.21. The van der Waals surface area contributed by atoms with E-state index in [1.807, 2.05) is 6.07 Å². The van der Waals surface area contributed by atoms with Crippen molar-refractivity contribution < 1.29 is 4.39 Å². The van der Waals surface area contributed by atoms with Crippen molar-refractivity contribution >= 4 is 5.69 Å². The normalized spacial score (nSPS) is 27.8. The van der Waals surface area contributed by atoms with Crippen LogP contribution in [-0.4, -0.2) is 6.04 Å². The van der Waals surface area contributed by atoms with Crippen molar-refractivity contribution in [2.45, 2.75) is 32.7 Å². The Morgan fingerprint density at radius 2 is 2.12 bits per heavy atom. The monoisotopic (exact) mass is 232 g/mol. The van der Waals surface area contributed by atoms with Crippen molar-refractivity contribution in [1.29, 1.82) is 5.26 Å². The molecule has 1 fully saturated rings. The van der Waals surface area contributed by atoms with Crippen LogP contribution in [0.3, 0.4) is 0 Å². The van der Waals surface area contributed by atoms with Gasteiger partial charge in [-0.25, -0.2) is 4.39 Å². The first-order valence-electron chi connectivity index (χ1n) is 6.08. The Morgan fingerprint density at radius 3 is 2.71 bits per heavy atom. The molecular formula is C14H17FN2. The van der Waals surface area contributed by atoms with Crippen LogP contribution in [0.15, 0.2) is 18.2 Å². The molecule has 2 nitrogen and oxygen atoms in total. The summed E-state index contributed by atoms with van der Waals surface area (Å²) in [5, 5.41) is 12.4. The van der Waals surface area contributed by atoms with Crippen molar-refractivity contribution in [2.24, 2.45) is 11.8 Å². The Hall–Kier alpha value is -1.56. The van der Waals surface area contributed by atoms with Crippen LogP contribution in [-0.2, 0) is 0 Å². The van der Waals surface area contributed by atoms with E-state index in [0.29, 0.717) is 23.4 Å². The molecule has 3 unspecified atom stereocenters. The highest BCUT2D eigenvalue weighted by Crippen LogP contribution is 2.33. The molecule has 17 heavy (non-hydrogen) atoms. The summed E-state index contributed by atoms with van der Waals surface area (Å²) in [5.41, 5.74) is 1.14. The standard InChI is InChI=1S/C14H17FN2/c1-9-3-5-13(10(9)2)17-14-6-4-12(15)7-11(14)8-16/h4,6-7,9-10,13,17H,3,5H2,1-2H3. The molecule has 90 valence electrons. The second-order valence-corrected chi connectivity index (χ2v) is 4.97. The van der Waals surface area contributed by atoms with E-state index in [0.717, 1.165) is 12.1 Å². The number of anilines is 1. The molecule has 0 spiro atoms. The van der Waals surface area contributed by atoms with E-state index in [1.54, 1.807) is 6.07 Å². The van der Waals surface area contributed by atoms with E-state index in [-0.39, 0.29) is 5.82 Å². The van der Waals surface area contributed by atoms with E-state index in [9.17, 15) is 4.39 Å². The molecule has 1 saturated carbocycles. The lowest BCUT2D eigenvalue weighted by Crippen LogP contribution is -2.24. The molecule has 0 radical (unpaired) electrons. The molecule has 1 aliphatic rings. The maximum atomic E-state index is 13.0. The lowest BCUT2D eigenvalue weighted by atomic mass is 9.97. The van der Waals surface area contributed by atoms with Gasteiger partial charge in [-0.3, -0.25) is 0 Å². The molecular weight excluding hydrogens is 215 g/mol. The molecule has 0 aliphatic heterocycles. The number of nitrogens with zero attached hydrogens (tertiary/aromatic N) is 1. The SMILES string of the molecule is CC1CCC(Nc2ccc(F)cc2C#N)C1C. The van der Waals surface area contributed by atoms with Crippen molar-refractivity contribution in [2.75, 3.05) is 5.32 Å². The van der Waals surface area contributed by atoms with Crippen LogP contribution < -0.4 is 5.32 Å². The zero-order valence-electron chi connectivity index (χ0n) is 10.2. The Labute approximate surface area is 101 Å². The molecule has 1 N–H and O–H groups in total. The zero-order chi connectivity index (χ0) is 12.4. The van der Waals surface area contributed by atoms with E-state index >= 15 is 0 Å². The molecule has 3 atom stereocenters. The minimum Gasteiger partial charge on any atom is -0.381 e. The number of nitrogens with one attached hydrogen (secondary N) is 1. The number of hydrogen-bond acceptors (Lipinski definition) is 2. The molecule has 0 aromatic heterocycles. The molecule has 0 bridgehead atoms. The van der Waals surface area contributed by atoms with Gasteiger partial charge in [-0.2, -0.15) is 5.26 Å². The molecule has 1 aromatic carbocycles. The number of hydrogen-bond donors (Lipinski definition) is 1. The van der Waals surface area contributed by atoms with Gasteiger partial charge in [0.25, 0.3) is 0 Å². The van der Waals surface area contributed by atoms with Gasteiger partial charge in [-0.15, -0.1) is 0 Å². The van der Waals surface area contributed by atoms with Crippen LogP contribution in [0, 0.1) is 29.0 Å². The average Bonchev–Trinajstić information content (AvgIpc) is 2.63. The first-order chi connectivity index (χ1) is 8.11. The molecule has 0 saturated heterocycles. The molecule has 2 rings (SSSR count). The van der Waals surface area contributed by atoms with Gasteiger partial charge < -0.3 is 5.32 Å². The largest absolute Gasteiger partial charge is 0.381 e. The van der Waals surface area contributed by atoms with E-state index in [1.165, 1.54) is 18.6 Å².